The fourth-order valence-corrected chi connectivity index (χ4v) is 1.77. The monoisotopic (exact) mass is 251 g/mol. The molecule has 2 aromatic rings. The lowest BCUT2D eigenvalue weighted by atomic mass is 10.1. The van der Waals surface area contributed by atoms with Gasteiger partial charge in [0.05, 0.1) is 6.20 Å². The molecular formula is C13H18ClN3. The van der Waals surface area contributed by atoms with Crippen LogP contribution in [0.5, 0.6) is 0 Å². The van der Waals surface area contributed by atoms with Crippen LogP contribution >= 0.6 is 11.6 Å². The highest BCUT2D eigenvalue weighted by atomic mass is 35.5. The van der Waals surface area contributed by atoms with Crippen LogP contribution in [0.3, 0.4) is 0 Å². The van der Waals surface area contributed by atoms with E-state index in [4.69, 9.17) is 11.6 Å². The zero-order valence-corrected chi connectivity index (χ0v) is 11.4. The Kier molecular flexibility index (Phi) is 5.16. The van der Waals surface area contributed by atoms with Crippen LogP contribution in [0.25, 0.3) is 5.82 Å². The summed E-state index contributed by atoms with van der Waals surface area (Å²) in [4.78, 5) is 4.20. The Morgan fingerprint density at radius 1 is 1.24 bits per heavy atom. The Bertz CT molecular complexity index is 449. The second-order valence-electron chi connectivity index (χ2n) is 3.65. The van der Waals surface area contributed by atoms with Gasteiger partial charge in [-0.15, -0.1) is 0 Å². The minimum atomic E-state index is 0.370. The first-order chi connectivity index (χ1) is 8.20. The lowest BCUT2D eigenvalue weighted by Crippen LogP contribution is -1.99. The SMILES string of the molecule is CC.CC(C)c1cnn(-c2ccccn2)c1Cl. The van der Waals surface area contributed by atoms with Crippen molar-refractivity contribution < 1.29 is 0 Å². The summed E-state index contributed by atoms with van der Waals surface area (Å²) in [5.41, 5.74) is 1.04. The molecule has 0 unspecified atom stereocenters. The summed E-state index contributed by atoms with van der Waals surface area (Å²) in [6.45, 7) is 8.18. The van der Waals surface area contributed by atoms with Gasteiger partial charge in [0.2, 0.25) is 0 Å². The molecule has 0 atom stereocenters. The molecule has 0 amide bonds. The summed E-state index contributed by atoms with van der Waals surface area (Å²) < 4.78 is 1.65. The smallest absolute Gasteiger partial charge is 0.155 e. The van der Waals surface area contributed by atoms with Gasteiger partial charge < -0.3 is 0 Å². The minimum Gasteiger partial charge on any atom is -0.237 e. The summed E-state index contributed by atoms with van der Waals surface area (Å²) in [5, 5.41) is 4.87. The summed E-state index contributed by atoms with van der Waals surface area (Å²) in [5.74, 6) is 1.12. The van der Waals surface area contributed by atoms with Crippen molar-refractivity contribution in [2.24, 2.45) is 0 Å². The molecule has 0 aliphatic heterocycles. The van der Waals surface area contributed by atoms with Crippen LogP contribution in [0.1, 0.15) is 39.2 Å². The predicted molar refractivity (Wildman–Crippen MR) is 71.8 cm³/mol. The molecule has 0 aliphatic carbocycles. The number of rotatable bonds is 2. The first-order valence-electron chi connectivity index (χ1n) is 5.85. The van der Waals surface area contributed by atoms with E-state index in [1.165, 1.54) is 0 Å². The number of halogens is 1. The molecule has 0 aliphatic rings. The van der Waals surface area contributed by atoms with Gasteiger partial charge in [0.15, 0.2) is 5.82 Å². The largest absolute Gasteiger partial charge is 0.237 e. The predicted octanol–water partition coefficient (Wildman–Crippen LogP) is 4.07. The molecular weight excluding hydrogens is 234 g/mol. The van der Waals surface area contributed by atoms with Crippen molar-refractivity contribution in [3.05, 3.63) is 41.3 Å². The highest BCUT2D eigenvalue weighted by molar-refractivity contribution is 6.30. The molecule has 3 nitrogen and oxygen atoms in total. The van der Waals surface area contributed by atoms with Gasteiger partial charge in [-0.3, -0.25) is 0 Å². The maximum atomic E-state index is 6.21. The Balaban J connectivity index is 0.000000686. The van der Waals surface area contributed by atoms with Gasteiger partial charge in [0, 0.05) is 11.8 Å². The molecule has 0 fully saturated rings. The van der Waals surface area contributed by atoms with E-state index < -0.39 is 0 Å². The fraction of sp³-hybridized carbons (Fsp3) is 0.385. The number of aromatic nitrogens is 3. The van der Waals surface area contributed by atoms with Crippen molar-refractivity contribution in [1.82, 2.24) is 14.8 Å². The normalized spacial score (nSPS) is 10.0. The van der Waals surface area contributed by atoms with Crippen LogP contribution < -0.4 is 0 Å². The first kappa shape index (κ1) is 13.7. The molecule has 0 N–H and O–H groups in total. The van der Waals surface area contributed by atoms with E-state index in [1.807, 2.05) is 32.0 Å². The van der Waals surface area contributed by atoms with E-state index >= 15 is 0 Å². The van der Waals surface area contributed by atoms with Gasteiger partial charge in [-0.05, 0) is 18.1 Å². The van der Waals surface area contributed by atoms with Crippen LogP contribution in [0.4, 0.5) is 0 Å². The third-order valence-corrected chi connectivity index (χ3v) is 2.60. The maximum Gasteiger partial charge on any atom is 0.155 e. The Hall–Kier alpha value is -1.35. The maximum absolute atomic E-state index is 6.21. The summed E-state index contributed by atoms with van der Waals surface area (Å²) >= 11 is 6.21. The van der Waals surface area contributed by atoms with Crippen molar-refractivity contribution in [3.63, 3.8) is 0 Å². The van der Waals surface area contributed by atoms with Crippen LogP contribution in [0.15, 0.2) is 30.6 Å². The van der Waals surface area contributed by atoms with Gasteiger partial charge >= 0.3 is 0 Å². The van der Waals surface area contributed by atoms with Crippen molar-refractivity contribution in [2.75, 3.05) is 0 Å². The molecule has 2 heterocycles. The third kappa shape index (κ3) is 3.07. The van der Waals surface area contributed by atoms with Gasteiger partial charge in [-0.2, -0.15) is 5.10 Å². The number of nitrogens with zero attached hydrogens (tertiary/aromatic N) is 3. The van der Waals surface area contributed by atoms with Gasteiger partial charge in [0.25, 0.3) is 0 Å². The second kappa shape index (κ2) is 6.40. The van der Waals surface area contributed by atoms with Gasteiger partial charge in [-0.1, -0.05) is 45.4 Å². The highest BCUT2D eigenvalue weighted by Crippen LogP contribution is 2.25. The third-order valence-electron chi connectivity index (χ3n) is 2.22. The van der Waals surface area contributed by atoms with E-state index in [2.05, 4.69) is 23.9 Å². The molecule has 0 saturated heterocycles. The van der Waals surface area contributed by atoms with Crippen molar-refractivity contribution in [1.29, 1.82) is 0 Å². The summed E-state index contributed by atoms with van der Waals surface area (Å²) in [7, 11) is 0. The van der Waals surface area contributed by atoms with Crippen LogP contribution in [0, 0.1) is 0 Å². The molecule has 0 bridgehead atoms. The molecule has 0 aromatic carbocycles. The number of hydrogen-bond donors (Lipinski definition) is 0. The molecule has 4 heteroatoms. The molecule has 0 radical (unpaired) electrons. The number of pyridine rings is 1. The topological polar surface area (TPSA) is 30.7 Å². The average molecular weight is 252 g/mol. The Morgan fingerprint density at radius 2 is 1.94 bits per heavy atom. The molecule has 0 saturated carbocycles. The highest BCUT2D eigenvalue weighted by Gasteiger charge is 2.12. The summed E-state index contributed by atoms with van der Waals surface area (Å²) in [6.07, 6.45) is 3.52. The molecule has 2 aromatic heterocycles. The van der Waals surface area contributed by atoms with Crippen LogP contribution in [-0.4, -0.2) is 14.8 Å². The van der Waals surface area contributed by atoms with Crippen LogP contribution in [-0.2, 0) is 0 Å². The zero-order valence-electron chi connectivity index (χ0n) is 10.7. The average Bonchev–Trinajstić information content (AvgIpc) is 2.75. The Morgan fingerprint density at radius 3 is 2.41 bits per heavy atom. The lowest BCUT2D eigenvalue weighted by molar-refractivity contribution is 0.840. The fourth-order valence-electron chi connectivity index (χ4n) is 1.37. The molecule has 0 spiro atoms. The van der Waals surface area contributed by atoms with Crippen molar-refractivity contribution >= 4 is 11.6 Å². The zero-order chi connectivity index (χ0) is 12.8. The van der Waals surface area contributed by atoms with E-state index in [0.717, 1.165) is 11.4 Å². The van der Waals surface area contributed by atoms with Crippen molar-refractivity contribution in [2.45, 2.75) is 33.6 Å². The second-order valence-corrected chi connectivity index (χ2v) is 4.00. The lowest BCUT2D eigenvalue weighted by Gasteiger charge is -2.03. The summed E-state index contributed by atoms with van der Waals surface area (Å²) in [6, 6.07) is 5.66. The van der Waals surface area contributed by atoms with E-state index in [9.17, 15) is 0 Å². The van der Waals surface area contributed by atoms with Crippen LogP contribution in [0.2, 0.25) is 5.15 Å². The molecule has 2 rings (SSSR count). The van der Waals surface area contributed by atoms with E-state index in [1.54, 1.807) is 17.1 Å². The minimum absolute atomic E-state index is 0.370. The number of hydrogen-bond acceptors (Lipinski definition) is 2. The van der Waals surface area contributed by atoms with E-state index in [-0.39, 0.29) is 0 Å². The van der Waals surface area contributed by atoms with Gasteiger partial charge in [0.1, 0.15) is 5.15 Å². The first-order valence-corrected chi connectivity index (χ1v) is 6.22. The van der Waals surface area contributed by atoms with Gasteiger partial charge in [-0.25, -0.2) is 9.67 Å². The molecule has 92 valence electrons. The van der Waals surface area contributed by atoms with Crippen molar-refractivity contribution in [3.8, 4) is 5.82 Å². The molecule has 17 heavy (non-hydrogen) atoms. The quantitative estimate of drug-likeness (QED) is 0.806. The standard InChI is InChI=1S/C11H12ClN3.C2H6/c1-8(2)9-7-14-15(11(9)12)10-5-3-4-6-13-10;1-2/h3-8H,1-2H3;1-2H3. The Labute approximate surface area is 107 Å². The van der Waals surface area contributed by atoms with E-state index in [0.29, 0.717) is 11.1 Å².